The summed E-state index contributed by atoms with van der Waals surface area (Å²) in [6.07, 6.45) is 2.30. The van der Waals surface area contributed by atoms with E-state index >= 15 is 0 Å². The van der Waals surface area contributed by atoms with E-state index in [1.54, 1.807) is 19.3 Å². The molecule has 0 aliphatic rings. The predicted octanol–water partition coefficient (Wildman–Crippen LogP) is 2.50. The zero-order valence-corrected chi connectivity index (χ0v) is 10.1. The van der Waals surface area contributed by atoms with Gasteiger partial charge in [0.05, 0.1) is 0 Å². The normalized spacial score (nSPS) is 10.5. The lowest BCUT2D eigenvalue weighted by Gasteiger charge is -2.11. The van der Waals surface area contributed by atoms with E-state index in [2.05, 4.69) is 6.58 Å². The zero-order chi connectivity index (χ0) is 13.0. The molecule has 0 fully saturated rings. The van der Waals surface area contributed by atoms with Gasteiger partial charge in [-0.2, -0.15) is 0 Å². The Bertz CT molecular complexity index is 613. The second kappa shape index (κ2) is 5.51. The van der Waals surface area contributed by atoms with E-state index in [0.717, 1.165) is 10.9 Å². The molecule has 0 aliphatic heterocycles. The van der Waals surface area contributed by atoms with Crippen LogP contribution in [0.25, 0.3) is 11.0 Å². The van der Waals surface area contributed by atoms with Crippen molar-refractivity contribution in [3.63, 3.8) is 0 Å². The molecule has 0 bridgehead atoms. The van der Waals surface area contributed by atoms with Gasteiger partial charge in [-0.05, 0) is 24.6 Å². The minimum Gasteiger partial charge on any atom is -0.467 e. The Hall–Kier alpha value is -2.07. The maximum absolute atomic E-state index is 11.3. The summed E-state index contributed by atoms with van der Waals surface area (Å²) >= 11 is 0. The van der Waals surface area contributed by atoms with Crippen LogP contribution in [-0.4, -0.2) is 13.9 Å². The number of methoxy groups -OCH3 is 1. The van der Waals surface area contributed by atoms with E-state index in [4.69, 9.17) is 13.9 Å². The lowest BCUT2D eigenvalue weighted by molar-refractivity contribution is 0.0506. The SMILES string of the molecule is C=CCc1c(OCOC)ccc2ccc(=O)oc12. The van der Waals surface area contributed by atoms with Crippen molar-refractivity contribution in [2.75, 3.05) is 13.9 Å². The molecule has 2 rings (SSSR count). The molecule has 0 atom stereocenters. The summed E-state index contributed by atoms with van der Waals surface area (Å²) in [5.41, 5.74) is 0.963. The molecule has 18 heavy (non-hydrogen) atoms. The van der Waals surface area contributed by atoms with Gasteiger partial charge in [0.15, 0.2) is 6.79 Å². The molecule has 1 aromatic heterocycles. The van der Waals surface area contributed by atoms with Crippen LogP contribution in [0.4, 0.5) is 0 Å². The van der Waals surface area contributed by atoms with Crippen LogP contribution in [0.2, 0.25) is 0 Å². The first-order valence-electron chi connectivity index (χ1n) is 5.54. The first kappa shape index (κ1) is 12.4. The summed E-state index contributed by atoms with van der Waals surface area (Å²) in [6, 6.07) is 6.81. The van der Waals surface area contributed by atoms with Gasteiger partial charge >= 0.3 is 5.63 Å². The molecule has 1 aromatic carbocycles. The number of fused-ring (bicyclic) bond motifs is 1. The molecule has 0 radical (unpaired) electrons. The Morgan fingerprint density at radius 1 is 1.33 bits per heavy atom. The molecule has 94 valence electrons. The molecule has 2 aromatic rings. The van der Waals surface area contributed by atoms with Crippen LogP contribution in [-0.2, 0) is 11.2 Å². The van der Waals surface area contributed by atoms with Crippen molar-refractivity contribution in [2.24, 2.45) is 0 Å². The monoisotopic (exact) mass is 246 g/mol. The van der Waals surface area contributed by atoms with Crippen LogP contribution < -0.4 is 10.4 Å². The van der Waals surface area contributed by atoms with Crippen LogP contribution >= 0.6 is 0 Å². The molecule has 0 spiro atoms. The Kier molecular flexibility index (Phi) is 3.79. The molecule has 0 unspecified atom stereocenters. The highest BCUT2D eigenvalue weighted by Crippen LogP contribution is 2.28. The Morgan fingerprint density at radius 3 is 2.83 bits per heavy atom. The minimum absolute atomic E-state index is 0.146. The molecule has 4 nitrogen and oxygen atoms in total. The third-order valence-corrected chi connectivity index (χ3v) is 2.53. The molecule has 4 heteroatoms. The quantitative estimate of drug-likeness (QED) is 0.462. The summed E-state index contributed by atoms with van der Waals surface area (Å²) in [7, 11) is 1.55. The van der Waals surface area contributed by atoms with Crippen LogP contribution in [0, 0.1) is 0 Å². The van der Waals surface area contributed by atoms with Gasteiger partial charge in [0, 0.05) is 24.1 Å². The number of hydrogen-bond donors (Lipinski definition) is 0. The predicted molar refractivity (Wildman–Crippen MR) is 68.9 cm³/mol. The van der Waals surface area contributed by atoms with Gasteiger partial charge in [-0.15, -0.1) is 6.58 Å². The van der Waals surface area contributed by atoms with Crippen molar-refractivity contribution in [3.8, 4) is 5.75 Å². The summed E-state index contributed by atoms with van der Waals surface area (Å²) in [6.45, 7) is 3.85. The lowest BCUT2D eigenvalue weighted by atomic mass is 10.1. The molecule has 0 N–H and O–H groups in total. The number of ether oxygens (including phenoxy) is 2. The summed E-state index contributed by atoms with van der Waals surface area (Å²) in [5, 5.41) is 0.858. The third-order valence-electron chi connectivity index (χ3n) is 2.53. The van der Waals surface area contributed by atoms with E-state index in [9.17, 15) is 4.79 Å². The Labute approximate surface area is 104 Å². The number of rotatable bonds is 5. The van der Waals surface area contributed by atoms with Gasteiger partial charge in [-0.1, -0.05) is 6.08 Å². The van der Waals surface area contributed by atoms with Crippen LogP contribution in [0.1, 0.15) is 5.56 Å². The Balaban J connectivity index is 2.60. The molecule has 0 saturated heterocycles. The van der Waals surface area contributed by atoms with Crippen LogP contribution in [0.15, 0.2) is 46.1 Å². The van der Waals surface area contributed by atoms with Gasteiger partial charge in [-0.3, -0.25) is 0 Å². The highest BCUT2D eigenvalue weighted by molar-refractivity contribution is 5.82. The maximum atomic E-state index is 11.3. The van der Waals surface area contributed by atoms with Gasteiger partial charge in [0.25, 0.3) is 0 Å². The molecule has 0 saturated carbocycles. The Morgan fingerprint density at radius 2 is 2.11 bits per heavy atom. The largest absolute Gasteiger partial charge is 0.467 e. The van der Waals surface area contributed by atoms with Crippen molar-refractivity contribution in [1.82, 2.24) is 0 Å². The molecule has 1 heterocycles. The first-order chi connectivity index (χ1) is 8.76. The second-order valence-corrected chi connectivity index (χ2v) is 3.76. The van der Waals surface area contributed by atoms with Crippen molar-refractivity contribution < 1.29 is 13.9 Å². The zero-order valence-electron chi connectivity index (χ0n) is 10.1. The highest BCUT2D eigenvalue weighted by atomic mass is 16.7. The summed E-state index contributed by atoms with van der Waals surface area (Å²) in [5.74, 6) is 0.638. The molecular formula is C14H14O4. The standard InChI is InChI=1S/C14H14O4/c1-3-4-11-12(17-9-16-2)7-5-10-6-8-13(15)18-14(10)11/h3,5-8H,1,4,9H2,2H3. The summed E-state index contributed by atoms with van der Waals surface area (Å²) in [4.78, 5) is 11.3. The van der Waals surface area contributed by atoms with Crippen molar-refractivity contribution in [2.45, 2.75) is 6.42 Å². The van der Waals surface area contributed by atoms with Gasteiger partial charge < -0.3 is 13.9 Å². The minimum atomic E-state index is -0.378. The van der Waals surface area contributed by atoms with E-state index < -0.39 is 0 Å². The number of hydrogen-bond acceptors (Lipinski definition) is 4. The average Bonchev–Trinajstić information content (AvgIpc) is 2.38. The topological polar surface area (TPSA) is 48.7 Å². The van der Waals surface area contributed by atoms with Crippen molar-refractivity contribution >= 4 is 11.0 Å². The van der Waals surface area contributed by atoms with E-state index in [0.29, 0.717) is 17.8 Å². The molecule has 0 amide bonds. The number of allylic oxidation sites excluding steroid dienone is 1. The summed E-state index contributed by atoms with van der Waals surface area (Å²) < 4.78 is 15.6. The smallest absolute Gasteiger partial charge is 0.336 e. The van der Waals surface area contributed by atoms with E-state index in [1.807, 2.05) is 12.1 Å². The fraction of sp³-hybridized carbons (Fsp3) is 0.214. The number of benzene rings is 1. The molecule has 0 aliphatic carbocycles. The highest BCUT2D eigenvalue weighted by Gasteiger charge is 2.10. The van der Waals surface area contributed by atoms with Crippen LogP contribution in [0.5, 0.6) is 5.75 Å². The van der Waals surface area contributed by atoms with Gasteiger partial charge in [-0.25, -0.2) is 4.79 Å². The molecular weight excluding hydrogens is 232 g/mol. The average molecular weight is 246 g/mol. The fourth-order valence-electron chi connectivity index (χ4n) is 1.77. The van der Waals surface area contributed by atoms with Gasteiger partial charge in [0.1, 0.15) is 11.3 Å². The maximum Gasteiger partial charge on any atom is 0.336 e. The van der Waals surface area contributed by atoms with E-state index in [-0.39, 0.29) is 12.4 Å². The van der Waals surface area contributed by atoms with Crippen molar-refractivity contribution in [3.05, 3.63) is 52.9 Å². The van der Waals surface area contributed by atoms with Gasteiger partial charge in [0.2, 0.25) is 0 Å². The first-order valence-corrected chi connectivity index (χ1v) is 5.54. The van der Waals surface area contributed by atoms with Crippen molar-refractivity contribution in [1.29, 1.82) is 0 Å². The fourth-order valence-corrected chi connectivity index (χ4v) is 1.77. The van der Waals surface area contributed by atoms with Crippen LogP contribution in [0.3, 0.4) is 0 Å². The van der Waals surface area contributed by atoms with E-state index in [1.165, 1.54) is 6.07 Å². The third kappa shape index (κ3) is 2.43. The lowest BCUT2D eigenvalue weighted by Crippen LogP contribution is -2.03. The second-order valence-electron chi connectivity index (χ2n) is 3.76.